The molecule has 0 fully saturated rings. The molecule has 0 spiro atoms. The summed E-state index contributed by atoms with van der Waals surface area (Å²) in [5, 5.41) is 11.3. The van der Waals surface area contributed by atoms with E-state index >= 15 is 0 Å². The van der Waals surface area contributed by atoms with Gasteiger partial charge in [-0.05, 0) is 62.1 Å². The van der Waals surface area contributed by atoms with E-state index in [1.165, 1.54) is 31.2 Å². The summed E-state index contributed by atoms with van der Waals surface area (Å²) in [6, 6.07) is 14.9. The second kappa shape index (κ2) is 16.1. The smallest absolute Gasteiger partial charge is 0.411 e. The van der Waals surface area contributed by atoms with Crippen LogP contribution in [0.15, 0.2) is 78.0 Å². The molecule has 1 atom stereocenters. The Bertz CT molecular complexity index is 1350. The molecule has 0 saturated carbocycles. The monoisotopic (exact) mass is 622 g/mol. The Morgan fingerprint density at radius 3 is 1.37 bits per heavy atom. The van der Waals surface area contributed by atoms with Gasteiger partial charge in [-0.25, -0.2) is 0 Å². The molecule has 0 radical (unpaired) electrons. The molecule has 13 heteroatoms. The topological polar surface area (TPSA) is 75.7 Å². The highest BCUT2D eigenvalue weighted by molar-refractivity contribution is 5.83. The Hall–Kier alpha value is -3.87. The third kappa shape index (κ3) is 14.7. The van der Waals surface area contributed by atoms with Gasteiger partial charge in [-0.2, -0.15) is 39.5 Å². The summed E-state index contributed by atoms with van der Waals surface area (Å²) in [5.74, 6) is -0.149. The van der Waals surface area contributed by atoms with Crippen LogP contribution in [-0.4, -0.2) is 22.7 Å². The normalized spacial score (nSPS) is 12.8. The summed E-state index contributed by atoms with van der Waals surface area (Å²) in [4.78, 5) is 10.7. The van der Waals surface area contributed by atoms with Crippen LogP contribution in [0, 0.1) is 0 Å². The molecule has 0 saturated heterocycles. The van der Waals surface area contributed by atoms with E-state index in [0.717, 1.165) is 36.4 Å². The van der Waals surface area contributed by atoms with E-state index in [0.29, 0.717) is 28.8 Å². The van der Waals surface area contributed by atoms with Crippen molar-refractivity contribution in [2.24, 2.45) is 10.9 Å². The SMILES string of the molecule is C/C(Cc1cccc(C(F)(F)F)c1)=N/O.CC(=O)Cc1cccc(C(F)(F)F)c1.CC(N)Cc1cccc(C(F)(F)F)c1. The first-order valence-electron chi connectivity index (χ1n) is 12.6. The quantitative estimate of drug-likeness (QED) is 0.125. The van der Waals surface area contributed by atoms with E-state index in [2.05, 4.69) is 5.16 Å². The minimum atomic E-state index is -4.34. The molecule has 3 aromatic rings. The van der Waals surface area contributed by atoms with Gasteiger partial charge in [-0.3, -0.25) is 4.79 Å². The zero-order chi connectivity index (χ0) is 33.0. The van der Waals surface area contributed by atoms with Crippen LogP contribution in [0.1, 0.15) is 54.2 Å². The Labute approximate surface area is 243 Å². The lowest BCUT2D eigenvalue weighted by molar-refractivity contribution is -0.138. The number of oxime groups is 1. The molecule has 0 bridgehead atoms. The predicted octanol–water partition coefficient (Wildman–Crippen LogP) is 8.53. The molecule has 0 aliphatic rings. The molecule has 0 amide bonds. The van der Waals surface area contributed by atoms with Gasteiger partial charge in [0.2, 0.25) is 0 Å². The summed E-state index contributed by atoms with van der Waals surface area (Å²) in [5.41, 5.74) is 5.34. The van der Waals surface area contributed by atoms with E-state index in [9.17, 15) is 44.3 Å². The van der Waals surface area contributed by atoms with Crippen molar-refractivity contribution in [1.29, 1.82) is 0 Å². The van der Waals surface area contributed by atoms with Crippen LogP contribution in [0.25, 0.3) is 0 Å². The van der Waals surface area contributed by atoms with Crippen molar-refractivity contribution < 1.29 is 49.5 Å². The molecular formula is C30H31F9N2O2. The largest absolute Gasteiger partial charge is 0.416 e. The van der Waals surface area contributed by atoms with Crippen LogP contribution in [0.2, 0.25) is 0 Å². The maximum Gasteiger partial charge on any atom is 0.416 e. The highest BCUT2D eigenvalue weighted by Gasteiger charge is 2.31. The summed E-state index contributed by atoms with van der Waals surface area (Å²) in [6.07, 6.45) is -12.2. The number of halogens is 9. The lowest BCUT2D eigenvalue weighted by Crippen LogP contribution is -2.18. The number of carbonyl (C=O) groups excluding carboxylic acids is 1. The summed E-state index contributed by atoms with van der Waals surface area (Å²) in [6.45, 7) is 4.65. The van der Waals surface area contributed by atoms with E-state index in [1.807, 2.05) is 0 Å². The molecule has 0 aromatic heterocycles. The minimum absolute atomic E-state index is 0.0456. The van der Waals surface area contributed by atoms with Crippen molar-refractivity contribution >= 4 is 11.5 Å². The van der Waals surface area contributed by atoms with Crippen molar-refractivity contribution in [3.8, 4) is 0 Å². The average Bonchev–Trinajstić information content (AvgIpc) is 2.88. The van der Waals surface area contributed by atoms with Crippen molar-refractivity contribution in [3.63, 3.8) is 0 Å². The number of hydrogen-bond donors (Lipinski definition) is 2. The molecule has 0 aliphatic carbocycles. The molecule has 0 aliphatic heterocycles. The number of Topliss-reactive ketones (excluding diaryl/α,β-unsaturated/α-hetero) is 1. The predicted molar refractivity (Wildman–Crippen MR) is 145 cm³/mol. The molecule has 0 heterocycles. The number of ketones is 1. The number of hydrogen-bond acceptors (Lipinski definition) is 4. The van der Waals surface area contributed by atoms with Gasteiger partial charge in [0.15, 0.2) is 0 Å². The minimum Gasteiger partial charge on any atom is -0.411 e. The summed E-state index contributed by atoms with van der Waals surface area (Å²) >= 11 is 0. The Kier molecular flexibility index (Phi) is 13.9. The van der Waals surface area contributed by atoms with Gasteiger partial charge >= 0.3 is 18.5 Å². The first-order valence-corrected chi connectivity index (χ1v) is 12.6. The molecule has 236 valence electrons. The first kappa shape index (κ1) is 37.2. The zero-order valence-corrected chi connectivity index (χ0v) is 23.4. The Morgan fingerprint density at radius 2 is 1.05 bits per heavy atom. The molecule has 3 rings (SSSR count). The number of alkyl halides is 9. The van der Waals surface area contributed by atoms with Crippen molar-refractivity contribution in [2.75, 3.05) is 0 Å². The van der Waals surface area contributed by atoms with E-state index < -0.39 is 35.2 Å². The van der Waals surface area contributed by atoms with Crippen LogP contribution in [0.4, 0.5) is 39.5 Å². The number of carbonyl (C=O) groups is 1. The fourth-order valence-electron chi connectivity index (χ4n) is 3.58. The molecule has 3 N–H and O–H groups in total. The van der Waals surface area contributed by atoms with Crippen molar-refractivity contribution in [3.05, 3.63) is 106 Å². The number of benzene rings is 3. The molecule has 3 aromatic carbocycles. The highest BCUT2D eigenvalue weighted by Crippen LogP contribution is 2.31. The highest BCUT2D eigenvalue weighted by atomic mass is 19.4. The van der Waals surface area contributed by atoms with Gasteiger partial charge in [-0.1, -0.05) is 59.8 Å². The van der Waals surface area contributed by atoms with Gasteiger partial charge in [0.05, 0.1) is 22.4 Å². The molecule has 1 unspecified atom stereocenters. The number of rotatable bonds is 6. The zero-order valence-electron chi connectivity index (χ0n) is 23.4. The Balaban J connectivity index is 0.000000323. The number of nitrogens with zero attached hydrogens (tertiary/aromatic N) is 1. The third-order valence-electron chi connectivity index (χ3n) is 5.40. The molecular weight excluding hydrogens is 591 g/mol. The van der Waals surface area contributed by atoms with Crippen LogP contribution in [-0.2, 0) is 42.6 Å². The van der Waals surface area contributed by atoms with Gasteiger partial charge in [-0.15, -0.1) is 0 Å². The van der Waals surface area contributed by atoms with Gasteiger partial charge < -0.3 is 10.9 Å². The number of nitrogens with two attached hydrogens (primary N) is 1. The van der Waals surface area contributed by atoms with Gasteiger partial charge in [0.1, 0.15) is 5.78 Å². The van der Waals surface area contributed by atoms with E-state index in [4.69, 9.17) is 10.9 Å². The fourth-order valence-corrected chi connectivity index (χ4v) is 3.58. The average molecular weight is 623 g/mol. The maximum absolute atomic E-state index is 12.3. The van der Waals surface area contributed by atoms with E-state index in [-0.39, 0.29) is 24.7 Å². The van der Waals surface area contributed by atoms with Gasteiger partial charge in [0, 0.05) is 18.9 Å². The van der Waals surface area contributed by atoms with E-state index in [1.54, 1.807) is 26.0 Å². The fraction of sp³-hybridized carbons (Fsp3) is 0.333. The van der Waals surface area contributed by atoms with Crippen LogP contribution in [0.5, 0.6) is 0 Å². The van der Waals surface area contributed by atoms with Crippen LogP contribution >= 0.6 is 0 Å². The van der Waals surface area contributed by atoms with Crippen molar-refractivity contribution in [2.45, 2.75) is 64.6 Å². The second-order valence-electron chi connectivity index (χ2n) is 9.67. The Morgan fingerprint density at radius 1 is 0.698 bits per heavy atom. The summed E-state index contributed by atoms with van der Waals surface area (Å²) < 4.78 is 110. The molecule has 4 nitrogen and oxygen atoms in total. The molecule has 43 heavy (non-hydrogen) atoms. The lowest BCUT2D eigenvalue weighted by atomic mass is 10.0. The lowest BCUT2D eigenvalue weighted by Gasteiger charge is -2.09. The summed E-state index contributed by atoms with van der Waals surface area (Å²) in [7, 11) is 0. The maximum atomic E-state index is 12.3. The van der Waals surface area contributed by atoms with Gasteiger partial charge in [0.25, 0.3) is 0 Å². The van der Waals surface area contributed by atoms with Crippen LogP contribution < -0.4 is 5.73 Å². The van der Waals surface area contributed by atoms with Crippen molar-refractivity contribution in [1.82, 2.24) is 0 Å². The third-order valence-corrected chi connectivity index (χ3v) is 5.40. The second-order valence-corrected chi connectivity index (χ2v) is 9.67. The standard InChI is InChI=1S/C10H10F3NO.C10H12F3N.C10H9F3O/c1-7(14-15)5-8-3-2-4-9(6-8)10(11,12)13;2*1-7(14)5-8-3-2-4-9(6-8)10(11,12)13/h2-4,6,15H,5H2,1H3;2-4,6-7H,5,14H2,1H3;2-4,6H,5H2,1H3/b14-7-;;. The first-order chi connectivity index (χ1) is 19.7. The van der Waals surface area contributed by atoms with Crippen LogP contribution in [0.3, 0.4) is 0 Å².